The minimum Gasteiger partial charge on any atom is -0.476 e. The molecular formula is C36H50ClN7O6S. The molecule has 1 atom stereocenters. The summed E-state index contributed by atoms with van der Waals surface area (Å²) in [4.78, 5) is 36.1. The predicted octanol–water partition coefficient (Wildman–Crippen LogP) is 6.72. The molecule has 3 aromatic rings. The summed E-state index contributed by atoms with van der Waals surface area (Å²) in [5.74, 6) is 0.893. The van der Waals surface area contributed by atoms with Crippen molar-refractivity contribution < 1.29 is 27.5 Å². The molecule has 2 aliphatic rings. The quantitative estimate of drug-likeness (QED) is 0.151. The SMILES string of the molecule is CC(C)(C)OC(=O)N1C[C@@H](CCCNc2cccc(S(=O)(=O)NC(=O)c3ccc(-n4ccc(OCC5C(C)(C)C5(C)C)n4)nc3Cl)n2)CC1(C)C. The summed E-state index contributed by atoms with van der Waals surface area (Å²) in [5, 5.41) is 7.06. The van der Waals surface area contributed by atoms with Crippen molar-refractivity contribution in [3.8, 4) is 11.7 Å². The van der Waals surface area contributed by atoms with Gasteiger partial charge in [-0.25, -0.2) is 24.2 Å². The lowest BCUT2D eigenvalue weighted by Gasteiger charge is -2.33. The maximum absolute atomic E-state index is 13.1. The summed E-state index contributed by atoms with van der Waals surface area (Å²) >= 11 is 6.35. The second-order valence-electron chi connectivity index (χ2n) is 16.3. The molecule has 1 saturated heterocycles. The lowest BCUT2D eigenvalue weighted by Crippen LogP contribution is -2.45. The summed E-state index contributed by atoms with van der Waals surface area (Å²) < 4.78 is 41.3. The van der Waals surface area contributed by atoms with Crippen molar-refractivity contribution in [2.24, 2.45) is 22.7 Å². The first-order valence-corrected chi connectivity index (χ1v) is 19.1. The van der Waals surface area contributed by atoms with Gasteiger partial charge in [0.05, 0.1) is 12.2 Å². The van der Waals surface area contributed by atoms with Gasteiger partial charge < -0.3 is 19.7 Å². The molecule has 0 bridgehead atoms. The number of sulfonamides is 1. The van der Waals surface area contributed by atoms with Crippen LogP contribution in [-0.2, 0) is 14.8 Å². The molecule has 3 aromatic heterocycles. The number of anilines is 1. The summed E-state index contributed by atoms with van der Waals surface area (Å²) in [5.41, 5.74) is -0.611. The second kappa shape index (κ2) is 13.9. The Morgan fingerprint density at radius 2 is 1.73 bits per heavy atom. The van der Waals surface area contributed by atoms with Crippen molar-refractivity contribution in [3.05, 3.63) is 53.3 Å². The van der Waals surface area contributed by atoms with E-state index in [9.17, 15) is 18.0 Å². The van der Waals surface area contributed by atoms with E-state index in [1.165, 1.54) is 22.9 Å². The van der Waals surface area contributed by atoms with E-state index < -0.39 is 21.5 Å². The lowest BCUT2D eigenvalue weighted by molar-refractivity contribution is 0.0130. The Balaban J connectivity index is 1.12. The van der Waals surface area contributed by atoms with E-state index in [0.717, 1.165) is 19.3 Å². The third-order valence-electron chi connectivity index (χ3n) is 10.5. The average molecular weight is 744 g/mol. The highest BCUT2D eigenvalue weighted by Crippen LogP contribution is 2.68. The average Bonchev–Trinajstić information content (AvgIpc) is 3.41. The van der Waals surface area contributed by atoms with Crippen LogP contribution in [0, 0.1) is 22.7 Å². The molecule has 0 radical (unpaired) electrons. The molecule has 1 saturated carbocycles. The number of pyridine rings is 2. The van der Waals surface area contributed by atoms with E-state index in [0.29, 0.717) is 49.0 Å². The Hall–Kier alpha value is -3.91. The van der Waals surface area contributed by atoms with Gasteiger partial charge in [-0.15, -0.1) is 5.10 Å². The molecule has 2 fully saturated rings. The Morgan fingerprint density at radius 1 is 1.02 bits per heavy atom. The summed E-state index contributed by atoms with van der Waals surface area (Å²) in [6.07, 6.45) is 3.87. The van der Waals surface area contributed by atoms with Crippen molar-refractivity contribution in [1.82, 2.24) is 29.4 Å². The highest BCUT2D eigenvalue weighted by molar-refractivity contribution is 7.90. The highest BCUT2D eigenvalue weighted by atomic mass is 35.5. The van der Waals surface area contributed by atoms with Crippen LogP contribution in [0.2, 0.25) is 5.15 Å². The van der Waals surface area contributed by atoms with Crippen LogP contribution in [0.25, 0.3) is 5.82 Å². The molecule has 5 rings (SSSR count). The molecule has 1 aliphatic heterocycles. The molecule has 4 heterocycles. The van der Waals surface area contributed by atoms with Crippen LogP contribution < -0.4 is 14.8 Å². The summed E-state index contributed by atoms with van der Waals surface area (Å²) in [7, 11) is -4.34. The van der Waals surface area contributed by atoms with Crippen LogP contribution in [0.4, 0.5) is 10.6 Å². The second-order valence-corrected chi connectivity index (χ2v) is 18.2. The zero-order valence-corrected chi connectivity index (χ0v) is 32.5. The largest absolute Gasteiger partial charge is 0.476 e. The maximum atomic E-state index is 13.1. The number of hydrogen-bond acceptors (Lipinski definition) is 10. The van der Waals surface area contributed by atoms with Crippen LogP contribution in [0.3, 0.4) is 0 Å². The van der Waals surface area contributed by atoms with Gasteiger partial charge in [-0.2, -0.15) is 8.42 Å². The van der Waals surface area contributed by atoms with Gasteiger partial charge in [0.1, 0.15) is 16.6 Å². The number of carbonyl (C=O) groups excluding carboxylic acids is 2. The Kier molecular flexibility index (Phi) is 10.4. The number of carbonyl (C=O) groups is 2. The van der Waals surface area contributed by atoms with Crippen LogP contribution >= 0.6 is 11.6 Å². The molecule has 13 nitrogen and oxygen atoms in total. The number of nitrogens with one attached hydrogen (secondary N) is 2. The Labute approximate surface area is 305 Å². The smallest absolute Gasteiger partial charge is 0.410 e. The predicted molar refractivity (Wildman–Crippen MR) is 195 cm³/mol. The minimum atomic E-state index is -4.34. The van der Waals surface area contributed by atoms with Crippen molar-refractivity contribution in [2.45, 2.75) is 97.7 Å². The fourth-order valence-corrected chi connectivity index (χ4v) is 8.04. The van der Waals surface area contributed by atoms with Gasteiger partial charge >= 0.3 is 6.09 Å². The number of rotatable bonds is 12. The van der Waals surface area contributed by atoms with Gasteiger partial charge in [0, 0.05) is 36.8 Å². The van der Waals surface area contributed by atoms with E-state index in [1.54, 1.807) is 29.3 Å². The van der Waals surface area contributed by atoms with Gasteiger partial charge in [0.2, 0.25) is 5.88 Å². The number of likely N-dealkylation sites (tertiary alicyclic amines) is 1. The molecular weight excluding hydrogens is 694 g/mol. The van der Waals surface area contributed by atoms with Crippen LogP contribution in [0.5, 0.6) is 5.88 Å². The molecule has 51 heavy (non-hydrogen) atoms. The molecule has 0 spiro atoms. The van der Waals surface area contributed by atoms with Crippen molar-refractivity contribution in [3.63, 3.8) is 0 Å². The molecule has 15 heteroatoms. The van der Waals surface area contributed by atoms with Gasteiger partial charge in [-0.3, -0.25) is 4.79 Å². The standard InChI is InChI=1S/C36H50ClN7O6S/c1-33(2,3)50-32(46)43-21-23(20-34(43,4)5)12-11-18-38-26-13-10-14-29(39-26)51(47,48)42-31(45)24-15-16-27(40-30(24)37)44-19-17-28(41-44)49-22-25-35(6,7)36(25,8)9/h10,13-17,19,23,25H,11-12,18,20-22H2,1-9H3,(H,38,39)(H,42,45)/t23-/m0/s1. The van der Waals surface area contributed by atoms with E-state index >= 15 is 0 Å². The number of nitrogens with zero attached hydrogens (tertiary/aromatic N) is 5. The zero-order chi connectivity index (χ0) is 37.6. The normalized spacial score (nSPS) is 19.4. The molecule has 0 aromatic carbocycles. The van der Waals surface area contributed by atoms with Crippen LogP contribution in [0.15, 0.2) is 47.6 Å². The molecule has 278 valence electrons. The summed E-state index contributed by atoms with van der Waals surface area (Å²) in [6, 6.07) is 9.13. The van der Waals surface area contributed by atoms with Gasteiger partial charge in [0.15, 0.2) is 10.8 Å². The number of hydrogen-bond donors (Lipinski definition) is 2. The van der Waals surface area contributed by atoms with Crippen molar-refractivity contribution in [1.29, 1.82) is 0 Å². The van der Waals surface area contributed by atoms with Crippen LogP contribution in [-0.4, -0.2) is 75.9 Å². The first kappa shape index (κ1) is 38.3. The topological polar surface area (TPSA) is 158 Å². The first-order valence-electron chi connectivity index (χ1n) is 17.2. The molecule has 2 N–H and O–H groups in total. The Morgan fingerprint density at radius 3 is 2.37 bits per heavy atom. The monoisotopic (exact) mass is 743 g/mol. The van der Waals surface area contributed by atoms with E-state index in [1.807, 2.05) is 39.3 Å². The fourth-order valence-electron chi connectivity index (χ4n) is 6.87. The molecule has 2 amide bonds. The van der Waals surface area contributed by atoms with Crippen molar-refractivity contribution in [2.75, 3.05) is 25.0 Å². The number of amides is 2. The maximum Gasteiger partial charge on any atom is 0.410 e. The van der Waals surface area contributed by atoms with E-state index in [2.05, 4.69) is 48.1 Å². The van der Waals surface area contributed by atoms with Gasteiger partial charge in [0.25, 0.3) is 15.9 Å². The van der Waals surface area contributed by atoms with Crippen molar-refractivity contribution >= 4 is 39.4 Å². The third-order valence-corrected chi connectivity index (χ3v) is 12.0. The van der Waals surface area contributed by atoms with E-state index in [4.69, 9.17) is 21.1 Å². The van der Waals surface area contributed by atoms with Crippen LogP contribution in [0.1, 0.15) is 91.9 Å². The minimum absolute atomic E-state index is 0.125. The van der Waals surface area contributed by atoms with E-state index in [-0.39, 0.29) is 38.2 Å². The highest BCUT2D eigenvalue weighted by Gasteiger charge is 2.64. The first-order chi connectivity index (χ1) is 23.6. The molecule has 1 aliphatic carbocycles. The Bertz CT molecular complexity index is 1870. The van der Waals surface area contributed by atoms with Gasteiger partial charge in [-0.05, 0) is 94.9 Å². The third kappa shape index (κ3) is 8.60. The number of aromatic nitrogens is 4. The lowest BCUT2D eigenvalue weighted by atomic mass is 9.93. The number of halogens is 1. The molecule has 0 unspecified atom stereocenters. The number of ether oxygens (including phenoxy) is 2. The summed E-state index contributed by atoms with van der Waals surface area (Å²) in [6.45, 7) is 20.3. The van der Waals surface area contributed by atoms with Gasteiger partial charge in [-0.1, -0.05) is 45.4 Å². The fraction of sp³-hybridized carbons (Fsp3) is 0.583. The zero-order valence-electron chi connectivity index (χ0n) is 30.9.